The van der Waals surface area contributed by atoms with Gasteiger partial charge in [0.15, 0.2) is 0 Å². The molecule has 3 N–H and O–H groups in total. The second kappa shape index (κ2) is 13.4. The normalized spacial score (nSPS) is 11.0. The molecule has 39 heavy (non-hydrogen) atoms. The van der Waals surface area contributed by atoms with Gasteiger partial charge in [0.05, 0.1) is 5.75 Å². The Morgan fingerprint density at radius 1 is 0.923 bits per heavy atom. The maximum Gasteiger partial charge on any atom is 0.272 e. The van der Waals surface area contributed by atoms with E-state index in [1.807, 2.05) is 25.1 Å². The summed E-state index contributed by atoms with van der Waals surface area (Å²) in [4.78, 5) is 43.4. The van der Waals surface area contributed by atoms with Crippen LogP contribution in [-0.2, 0) is 9.59 Å². The van der Waals surface area contributed by atoms with E-state index in [0.29, 0.717) is 27.5 Å². The van der Waals surface area contributed by atoms with E-state index >= 15 is 0 Å². The van der Waals surface area contributed by atoms with Crippen molar-refractivity contribution in [2.75, 3.05) is 16.4 Å². The number of anilines is 2. The van der Waals surface area contributed by atoms with E-state index in [1.165, 1.54) is 11.8 Å². The Bertz CT molecular complexity index is 1510. The molecule has 0 saturated heterocycles. The van der Waals surface area contributed by atoms with Gasteiger partial charge < -0.3 is 16.0 Å². The maximum absolute atomic E-state index is 13.2. The molecule has 7 nitrogen and oxygen atoms in total. The van der Waals surface area contributed by atoms with Crippen LogP contribution < -0.4 is 16.0 Å². The van der Waals surface area contributed by atoms with Crippen molar-refractivity contribution in [2.24, 2.45) is 0 Å². The highest BCUT2D eigenvalue weighted by atomic mass is 35.5. The molecule has 1 aromatic heterocycles. The summed E-state index contributed by atoms with van der Waals surface area (Å²) in [7, 11) is 0. The number of aromatic nitrogens is 1. The predicted octanol–water partition coefficient (Wildman–Crippen LogP) is 6.18. The first kappa shape index (κ1) is 27.6. The van der Waals surface area contributed by atoms with Gasteiger partial charge in [0, 0.05) is 39.3 Å². The van der Waals surface area contributed by atoms with Gasteiger partial charge in [-0.05, 0) is 72.7 Å². The molecule has 0 fully saturated rings. The number of aryl methyl sites for hydroxylation is 1. The minimum Gasteiger partial charge on any atom is -0.325 e. The number of benzene rings is 3. The second-order valence-electron chi connectivity index (χ2n) is 8.44. The maximum atomic E-state index is 13.2. The predicted molar refractivity (Wildman–Crippen MR) is 157 cm³/mol. The van der Waals surface area contributed by atoms with Crippen molar-refractivity contribution >= 4 is 58.5 Å². The molecule has 0 unspecified atom stereocenters. The summed E-state index contributed by atoms with van der Waals surface area (Å²) in [5, 5.41) is 8.95. The Kier molecular flexibility index (Phi) is 9.50. The van der Waals surface area contributed by atoms with Crippen molar-refractivity contribution in [3.8, 4) is 0 Å². The monoisotopic (exact) mass is 556 g/mol. The number of hydrogen-bond acceptors (Lipinski definition) is 5. The highest BCUT2D eigenvalue weighted by Gasteiger charge is 2.15. The number of carbonyl (C=O) groups is 3. The molecule has 0 bridgehead atoms. The fraction of sp³-hybridized carbons (Fsp3) is 0.0667. The minimum atomic E-state index is -0.501. The van der Waals surface area contributed by atoms with E-state index in [4.69, 9.17) is 11.6 Å². The van der Waals surface area contributed by atoms with Gasteiger partial charge in [-0.1, -0.05) is 48.0 Å². The lowest BCUT2D eigenvalue weighted by Crippen LogP contribution is -2.30. The molecule has 4 rings (SSSR count). The van der Waals surface area contributed by atoms with Crippen LogP contribution in [0.2, 0.25) is 5.02 Å². The summed E-state index contributed by atoms with van der Waals surface area (Å²) in [6, 6.07) is 24.6. The molecule has 0 atom stereocenters. The van der Waals surface area contributed by atoms with E-state index in [0.717, 1.165) is 10.5 Å². The zero-order chi connectivity index (χ0) is 27.6. The van der Waals surface area contributed by atoms with Crippen LogP contribution >= 0.6 is 23.4 Å². The van der Waals surface area contributed by atoms with E-state index in [1.54, 1.807) is 85.2 Å². The van der Waals surface area contributed by atoms with Gasteiger partial charge >= 0.3 is 0 Å². The van der Waals surface area contributed by atoms with Crippen LogP contribution in [0.3, 0.4) is 0 Å². The van der Waals surface area contributed by atoms with E-state index in [9.17, 15) is 14.4 Å². The number of pyridine rings is 1. The lowest BCUT2D eigenvalue weighted by molar-refractivity contribution is -0.114. The summed E-state index contributed by atoms with van der Waals surface area (Å²) in [6.45, 7) is 1.89. The first-order chi connectivity index (χ1) is 18.9. The Hall–Kier alpha value is -4.40. The van der Waals surface area contributed by atoms with Crippen LogP contribution in [0.5, 0.6) is 0 Å². The first-order valence-corrected chi connectivity index (χ1v) is 13.3. The SMILES string of the molecule is Cc1ccc(Cl)cc1NC(=O)CSc1cccc(NC(=O)/C(=C/c2cccnc2)NC(=O)c2ccccc2)c1. The minimum absolute atomic E-state index is 0.0613. The molecule has 4 aromatic rings. The molecular weight excluding hydrogens is 532 g/mol. The Labute approximate surface area is 235 Å². The van der Waals surface area contributed by atoms with Crippen LogP contribution in [0.4, 0.5) is 11.4 Å². The van der Waals surface area contributed by atoms with Crippen molar-refractivity contribution in [3.05, 3.63) is 125 Å². The Balaban J connectivity index is 1.43. The van der Waals surface area contributed by atoms with E-state index < -0.39 is 11.8 Å². The average Bonchev–Trinajstić information content (AvgIpc) is 2.95. The quantitative estimate of drug-likeness (QED) is 0.169. The summed E-state index contributed by atoms with van der Waals surface area (Å²) in [6.07, 6.45) is 4.78. The number of nitrogens with zero attached hydrogens (tertiary/aromatic N) is 1. The number of carbonyl (C=O) groups excluding carboxylic acids is 3. The topological polar surface area (TPSA) is 100 Å². The van der Waals surface area contributed by atoms with Gasteiger partial charge in [0.25, 0.3) is 11.8 Å². The molecule has 9 heteroatoms. The van der Waals surface area contributed by atoms with Crippen molar-refractivity contribution in [1.29, 1.82) is 0 Å². The zero-order valence-corrected chi connectivity index (χ0v) is 22.6. The standard InChI is InChI=1S/C30H25ClN4O3S/c1-20-12-13-23(31)16-26(20)34-28(36)19-39-25-11-5-10-24(17-25)33-30(38)27(15-21-7-6-14-32-18-21)35-29(37)22-8-3-2-4-9-22/h2-18H,19H2,1H3,(H,33,38)(H,34,36)(H,35,37)/b27-15-. The number of halogens is 1. The van der Waals surface area contributed by atoms with Crippen LogP contribution in [0.15, 0.2) is 108 Å². The molecular formula is C30H25ClN4O3S. The molecule has 3 amide bonds. The fourth-order valence-electron chi connectivity index (χ4n) is 3.50. The van der Waals surface area contributed by atoms with Gasteiger partial charge in [0.1, 0.15) is 5.70 Å². The molecule has 0 aliphatic carbocycles. The van der Waals surface area contributed by atoms with Gasteiger partial charge in [-0.2, -0.15) is 0 Å². The van der Waals surface area contributed by atoms with Gasteiger partial charge in [-0.3, -0.25) is 19.4 Å². The number of rotatable bonds is 9. The summed E-state index contributed by atoms with van der Waals surface area (Å²) < 4.78 is 0. The smallest absolute Gasteiger partial charge is 0.272 e. The molecule has 0 spiro atoms. The number of thioether (sulfide) groups is 1. The largest absolute Gasteiger partial charge is 0.325 e. The molecule has 3 aromatic carbocycles. The van der Waals surface area contributed by atoms with Crippen molar-refractivity contribution in [3.63, 3.8) is 0 Å². The Morgan fingerprint density at radius 2 is 1.74 bits per heavy atom. The van der Waals surface area contributed by atoms with Crippen molar-refractivity contribution in [1.82, 2.24) is 10.3 Å². The molecule has 196 valence electrons. The average molecular weight is 557 g/mol. The Morgan fingerprint density at radius 3 is 2.51 bits per heavy atom. The summed E-state index contributed by atoms with van der Waals surface area (Å²) in [5.74, 6) is -0.918. The van der Waals surface area contributed by atoms with Crippen LogP contribution in [0, 0.1) is 6.92 Å². The zero-order valence-electron chi connectivity index (χ0n) is 21.0. The second-order valence-corrected chi connectivity index (χ2v) is 9.93. The summed E-state index contributed by atoms with van der Waals surface area (Å²) in [5.41, 5.74) is 3.23. The lowest BCUT2D eigenvalue weighted by Gasteiger charge is -2.12. The highest BCUT2D eigenvalue weighted by molar-refractivity contribution is 8.00. The fourth-order valence-corrected chi connectivity index (χ4v) is 4.42. The molecule has 0 aliphatic rings. The van der Waals surface area contributed by atoms with Crippen molar-refractivity contribution < 1.29 is 14.4 Å². The van der Waals surface area contributed by atoms with Crippen LogP contribution in [0.25, 0.3) is 6.08 Å². The molecule has 1 heterocycles. The third kappa shape index (κ3) is 8.29. The highest BCUT2D eigenvalue weighted by Crippen LogP contribution is 2.24. The van der Waals surface area contributed by atoms with Crippen LogP contribution in [-0.4, -0.2) is 28.5 Å². The van der Waals surface area contributed by atoms with E-state index in [-0.39, 0.29) is 17.4 Å². The number of nitrogens with one attached hydrogen (secondary N) is 3. The third-order valence-electron chi connectivity index (χ3n) is 5.46. The van der Waals surface area contributed by atoms with Gasteiger partial charge in [-0.15, -0.1) is 11.8 Å². The first-order valence-electron chi connectivity index (χ1n) is 12.0. The number of amides is 3. The lowest BCUT2D eigenvalue weighted by atomic mass is 10.2. The van der Waals surface area contributed by atoms with Crippen molar-refractivity contribution in [2.45, 2.75) is 11.8 Å². The third-order valence-corrected chi connectivity index (χ3v) is 6.69. The summed E-state index contributed by atoms with van der Waals surface area (Å²) >= 11 is 7.37. The molecule has 0 saturated carbocycles. The molecule has 0 aliphatic heterocycles. The van der Waals surface area contributed by atoms with Crippen LogP contribution in [0.1, 0.15) is 21.5 Å². The number of hydrogen-bond donors (Lipinski definition) is 3. The van der Waals surface area contributed by atoms with Gasteiger partial charge in [0.2, 0.25) is 5.91 Å². The van der Waals surface area contributed by atoms with Gasteiger partial charge in [-0.25, -0.2) is 0 Å². The van der Waals surface area contributed by atoms with E-state index in [2.05, 4.69) is 20.9 Å². The molecule has 0 radical (unpaired) electrons.